The molecule has 3 rings (SSSR count). The Hall–Kier alpha value is -2.99. The fourth-order valence-electron chi connectivity index (χ4n) is 3.10. The molecule has 1 saturated heterocycles. The van der Waals surface area contributed by atoms with Crippen LogP contribution in [0, 0.1) is 17.1 Å². The van der Waals surface area contributed by atoms with Crippen molar-refractivity contribution < 1.29 is 22.4 Å². The quantitative estimate of drug-likeness (QED) is 0.536. The summed E-state index contributed by atoms with van der Waals surface area (Å²) in [4.78, 5) is 15.6. The van der Waals surface area contributed by atoms with Gasteiger partial charge in [0.25, 0.3) is 5.91 Å². The molecule has 0 bridgehead atoms. The summed E-state index contributed by atoms with van der Waals surface area (Å²) in [5, 5.41) is 8.99. The van der Waals surface area contributed by atoms with Crippen LogP contribution in [0.3, 0.4) is 0 Å². The van der Waals surface area contributed by atoms with E-state index in [0.29, 0.717) is 5.56 Å². The normalized spacial score (nSPS) is 16.3. The molecule has 1 aliphatic rings. The van der Waals surface area contributed by atoms with Crippen molar-refractivity contribution in [2.24, 2.45) is 0 Å². The average molecular weight is 421 g/mol. The minimum absolute atomic E-state index is 0.0298. The average Bonchev–Trinajstić information content (AvgIpc) is 2.82. The van der Waals surface area contributed by atoms with Crippen LogP contribution < -0.4 is 4.90 Å². The summed E-state index contributed by atoms with van der Waals surface area (Å²) >= 11 is 5.40. The highest BCUT2D eigenvalue weighted by molar-refractivity contribution is 7.80. The van der Waals surface area contributed by atoms with E-state index in [2.05, 4.69) is 0 Å². The van der Waals surface area contributed by atoms with Gasteiger partial charge in [-0.3, -0.25) is 9.69 Å². The Labute approximate surface area is 169 Å². The molecular formula is C20H15F4N3OS. The van der Waals surface area contributed by atoms with Gasteiger partial charge in [0.1, 0.15) is 11.4 Å². The highest BCUT2D eigenvalue weighted by Crippen LogP contribution is 2.38. The third-order valence-electron chi connectivity index (χ3n) is 4.76. The van der Waals surface area contributed by atoms with Gasteiger partial charge in [-0.2, -0.15) is 18.4 Å². The van der Waals surface area contributed by atoms with E-state index in [1.165, 1.54) is 24.3 Å². The monoisotopic (exact) mass is 421 g/mol. The van der Waals surface area contributed by atoms with Crippen molar-refractivity contribution in [2.75, 3.05) is 4.90 Å². The zero-order valence-corrected chi connectivity index (χ0v) is 16.2. The molecule has 0 radical (unpaired) electrons. The van der Waals surface area contributed by atoms with Crippen molar-refractivity contribution in [3.8, 4) is 6.07 Å². The molecule has 29 heavy (non-hydrogen) atoms. The number of alkyl halides is 3. The summed E-state index contributed by atoms with van der Waals surface area (Å²) in [5.74, 6) is -0.908. The van der Waals surface area contributed by atoms with Crippen LogP contribution in [-0.4, -0.2) is 21.5 Å². The Kier molecular flexibility index (Phi) is 5.09. The zero-order chi connectivity index (χ0) is 21.6. The first-order chi connectivity index (χ1) is 13.5. The third kappa shape index (κ3) is 3.68. The summed E-state index contributed by atoms with van der Waals surface area (Å²) in [6.45, 7) is 3.40. The Morgan fingerprint density at radius 1 is 1.14 bits per heavy atom. The SMILES string of the molecule is CC1(C)C(=O)N(c2ccc(C#N)c(C(F)(F)F)c2)C(=S)N1Cc1ccc(F)cc1. The number of anilines is 1. The number of carbonyl (C=O) groups excluding carboxylic acids is 1. The Morgan fingerprint density at radius 3 is 2.31 bits per heavy atom. The molecule has 0 N–H and O–H groups in total. The summed E-state index contributed by atoms with van der Waals surface area (Å²) in [6, 6.07) is 10.2. The number of amides is 1. The Morgan fingerprint density at radius 2 is 1.76 bits per heavy atom. The molecule has 0 aromatic heterocycles. The predicted octanol–water partition coefficient (Wildman–Crippen LogP) is 4.63. The molecule has 1 aliphatic heterocycles. The molecule has 1 amide bonds. The highest BCUT2D eigenvalue weighted by atomic mass is 32.1. The van der Waals surface area contributed by atoms with Gasteiger partial charge in [-0.25, -0.2) is 4.39 Å². The third-order valence-corrected chi connectivity index (χ3v) is 5.17. The van der Waals surface area contributed by atoms with Crippen LogP contribution in [-0.2, 0) is 17.5 Å². The van der Waals surface area contributed by atoms with Crippen molar-refractivity contribution in [3.05, 3.63) is 65.0 Å². The molecular weight excluding hydrogens is 406 g/mol. The lowest BCUT2D eigenvalue weighted by atomic mass is 10.0. The van der Waals surface area contributed by atoms with Crippen LogP contribution in [0.2, 0.25) is 0 Å². The van der Waals surface area contributed by atoms with E-state index >= 15 is 0 Å². The van der Waals surface area contributed by atoms with Crippen LogP contribution in [0.25, 0.3) is 0 Å². The number of hydrogen-bond acceptors (Lipinski definition) is 3. The van der Waals surface area contributed by atoms with Crippen molar-refractivity contribution in [1.29, 1.82) is 5.26 Å². The first-order valence-electron chi connectivity index (χ1n) is 8.49. The van der Waals surface area contributed by atoms with E-state index < -0.39 is 34.6 Å². The maximum atomic E-state index is 13.3. The smallest absolute Gasteiger partial charge is 0.330 e. The molecule has 0 unspecified atom stereocenters. The lowest BCUT2D eigenvalue weighted by Crippen LogP contribution is -2.43. The molecule has 150 valence electrons. The predicted molar refractivity (Wildman–Crippen MR) is 102 cm³/mol. The van der Waals surface area contributed by atoms with Crippen molar-refractivity contribution >= 4 is 28.9 Å². The summed E-state index contributed by atoms with van der Waals surface area (Å²) in [6.07, 6.45) is -4.76. The number of nitrogens with zero attached hydrogens (tertiary/aromatic N) is 3. The maximum absolute atomic E-state index is 13.3. The fourth-order valence-corrected chi connectivity index (χ4v) is 3.59. The minimum atomic E-state index is -4.76. The molecule has 2 aromatic carbocycles. The van der Waals surface area contributed by atoms with Crippen molar-refractivity contribution in [1.82, 2.24) is 4.90 Å². The summed E-state index contributed by atoms with van der Waals surface area (Å²) in [5.41, 5.74) is -2.19. The fraction of sp³-hybridized carbons (Fsp3) is 0.250. The number of nitriles is 1. The lowest BCUT2D eigenvalue weighted by molar-refractivity contribution is -0.137. The van der Waals surface area contributed by atoms with Crippen molar-refractivity contribution in [2.45, 2.75) is 32.1 Å². The first-order valence-corrected chi connectivity index (χ1v) is 8.89. The first kappa shape index (κ1) is 20.7. The molecule has 1 heterocycles. The van der Waals surface area contributed by atoms with Gasteiger partial charge >= 0.3 is 6.18 Å². The maximum Gasteiger partial charge on any atom is 0.417 e. The molecule has 0 saturated carbocycles. The van der Waals surface area contributed by atoms with Crippen LogP contribution in [0.4, 0.5) is 23.2 Å². The molecule has 2 aromatic rings. The van der Waals surface area contributed by atoms with Crippen LogP contribution in [0.1, 0.15) is 30.5 Å². The van der Waals surface area contributed by atoms with E-state index in [0.717, 1.165) is 17.0 Å². The van der Waals surface area contributed by atoms with Gasteiger partial charge in [0, 0.05) is 6.54 Å². The number of benzene rings is 2. The zero-order valence-electron chi connectivity index (χ0n) is 15.4. The molecule has 0 aliphatic carbocycles. The number of carbonyl (C=O) groups is 1. The van der Waals surface area contributed by atoms with Gasteiger partial charge in [0.2, 0.25) is 0 Å². The summed E-state index contributed by atoms with van der Waals surface area (Å²) in [7, 11) is 0. The second-order valence-electron chi connectivity index (χ2n) is 7.03. The largest absolute Gasteiger partial charge is 0.417 e. The van der Waals surface area contributed by atoms with Crippen molar-refractivity contribution in [3.63, 3.8) is 0 Å². The Bertz CT molecular complexity index is 1030. The van der Waals surface area contributed by atoms with Gasteiger partial charge in [-0.05, 0) is 62.0 Å². The summed E-state index contributed by atoms with van der Waals surface area (Å²) < 4.78 is 53.1. The van der Waals surface area contributed by atoms with Gasteiger partial charge < -0.3 is 4.90 Å². The van der Waals surface area contributed by atoms with Crippen LogP contribution in [0.15, 0.2) is 42.5 Å². The minimum Gasteiger partial charge on any atom is -0.330 e. The van der Waals surface area contributed by atoms with Gasteiger partial charge in [0.15, 0.2) is 5.11 Å². The van der Waals surface area contributed by atoms with E-state index in [-0.39, 0.29) is 17.3 Å². The number of halogens is 4. The molecule has 9 heteroatoms. The van der Waals surface area contributed by atoms with Crippen LogP contribution in [0.5, 0.6) is 0 Å². The van der Waals surface area contributed by atoms with Gasteiger partial charge in [0.05, 0.1) is 22.9 Å². The van der Waals surface area contributed by atoms with E-state index in [4.69, 9.17) is 17.5 Å². The van der Waals surface area contributed by atoms with Crippen LogP contribution >= 0.6 is 12.2 Å². The molecule has 1 fully saturated rings. The van der Waals surface area contributed by atoms with E-state index in [1.54, 1.807) is 30.9 Å². The standard InChI is InChI=1S/C20H15F4N3OS/c1-19(2)17(28)27(15-8-5-13(10-25)16(9-15)20(22,23)24)18(29)26(19)11-12-3-6-14(21)7-4-12/h3-9H,11H2,1-2H3. The van der Waals surface area contributed by atoms with E-state index in [9.17, 15) is 22.4 Å². The van der Waals surface area contributed by atoms with Gasteiger partial charge in [-0.15, -0.1) is 0 Å². The lowest BCUT2D eigenvalue weighted by Gasteiger charge is -2.29. The number of hydrogen-bond donors (Lipinski definition) is 0. The highest BCUT2D eigenvalue weighted by Gasteiger charge is 2.49. The second-order valence-corrected chi connectivity index (χ2v) is 7.40. The Balaban J connectivity index is 2.01. The number of rotatable bonds is 3. The van der Waals surface area contributed by atoms with E-state index in [1.807, 2.05) is 0 Å². The topological polar surface area (TPSA) is 47.3 Å². The molecule has 0 atom stereocenters. The number of thiocarbonyl (C=S) groups is 1. The second kappa shape index (κ2) is 7.12. The molecule has 4 nitrogen and oxygen atoms in total. The molecule has 0 spiro atoms. The van der Waals surface area contributed by atoms with Gasteiger partial charge in [-0.1, -0.05) is 12.1 Å².